The normalized spacial score (nSPS) is 19.2. The van der Waals surface area contributed by atoms with Crippen molar-refractivity contribution in [1.29, 1.82) is 0 Å². The third-order valence-corrected chi connectivity index (χ3v) is 7.12. The second-order valence-electron chi connectivity index (χ2n) is 6.27. The van der Waals surface area contributed by atoms with Crippen molar-refractivity contribution in [2.24, 2.45) is 0 Å². The van der Waals surface area contributed by atoms with Gasteiger partial charge in [-0.25, -0.2) is 8.42 Å². The van der Waals surface area contributed by atoms with E-state index in [0.29, 0.717) is 6.54 Å². The second-order valence-corrected chi connectivity index (χ2v) is 10.5. The first-order valence-corrected chi connectivity index (χ1v) is 9.43. The summed E-state index contributed by atoms with van der Waals surface area (Å²) < 4.78 is 23.6. The lowest BCUT2D eigenvalue weighted by molar-refractivity contribution is -0.116. The predicted molar refractivity (Wildman–Crippen MR) is 87.7 cm³/mol. The third-order valence-electron chi connectivity index (χ3n) is 3.47. The van der Waals surface area contributed by atoms with E-state index in [1.165, 1.54) is 0 Å². The first kappa shape index (κ1) is 16.4. The average Bonchev–Trinajstić information content (AvgIpc) is 2.35. The zero-order valence-electron chi connectivity index (χ0n) is 12.8. The molecule has 0 unspecified atom stereocenters. The highest BCUT2D eigenvalue weighted by molar-refractivity contribution is 8.00. The molecule has 0 aromatic heterocycles. The smallest absolute Gasteiger partial charge is 0.242 e. The molecule has 0 saturated carbocycles. The summed E-state index contributed by atoms with van der Waals surface area (Å²) in [6.07, 6.45) is 0. The fraction of sp³-hybridized carbons (Fsp3) is 0.533. The lowest BCUT2D eigenvalue weighted by Gasteiger charge is -2.33. The number of thioether (sulfide) groups is 1. The van der Waals surface area contributed by atoms with Crippen LogP contribution in [-0.2, 0) is 14.6 Å². The lowest BCUT2D eigenvalue weighted by atomic mass is 10.2. The summed E-state index contributed by atoms with van der Waals surface area (Å²) in [5.74, 6) is -0.785. The number of nitrogens with zero attached hydrogens (tertiary/aromatic N) is 1. The van der Waals surface area contributed by atoms with Crippen molar-refractivity contribution in [2.75, 3.05) is 17.2 Å². The number of sulfone groups is 1. The Balaban J connectivity index is 2.29. The Morgan fingerprint density at radius 3 is 2.57 bits per heavy atom. The first-order valence-electron chi connectivity index (χ1n) is 6.90. The van der Waals surface area contributed by atoms with Gasteiger partial charge < -0.3 is 4.90 Å². The van der Waals surface area contributed by atoms with E-state index in [1.54, 1.807) is 37.4 Å². The van der Waals surface area contributed by atoms with Crippen LogP contribution in [0.2, 0.25) is 0 Å². The Hall–Kier alpha value is -1.01. The molecule has 1 amide bonds. The summed E-state index contributed by atoms with van der Waals surface area (Å²) in [6, 6.07) is 7.64. The molecule has 116 valence electrons. The number of carbonyl (C=O) groups is 1. The van der Waals surface area contributed by atoms with Gasteiger partial charge in [0.05, 0.1) is 10.4 Å². The summed E-state index contributed by atoms with van der Waals surface area (Å²) in [4.78, 5) is 15.1. The van der Waals surface area contributed by atoms with E-state index in [4.69, 9.17) is 0 Å². The number of carbonyl (C=O) groups excluding carboxylic acids is 1. The van der Waals surface area contributed by atoms with Crippen LogP contribution in [0.15, 0.2) is 29.2 Å². The van der Waals surface area contributed by atoms with Gasteiger partial charge in [0.25, 0.3) is 0 Å². The average molecular weight is 327 g/mol. The Labute approximate surface area is 130 Å². The Bertz CT molecular complexity index is 647. The molecule has 1 aliphatic heterocycles. The predicted octanol–water partition coefficient (Wildman–Crippen LogP) is 2.73. The fourth-order valence-electron chi connectivity index (χ4n) is 2.08. The monoisotopic (exact) mass is 327 g/mol. The molecule has 0 N–H and O–H groups in total. The molecule has 0 spiro atoms. The van der Waals surface area contributed by atoms with Crippen molar-refractivity contribution in [1.82, 2.24) is 0 Å². The number of para-hydroxylation sites is 1. The van der Waals surface area contributed by atoms with Crippen LogP contribution in [0, 0.1) is 0 Å². The van der Waals surface area contributed by atoms with E-state index in [1.807, 2.05) is 31.2 Å². The highest BCUT2D eigenvalue weighted by Gasteiger charge is 2.35. The maximum atomic E-state index is 12.5. The van der Waals surface area contributed by atoms with E-state index < -0.39 is 20.3 Å². The SMILES string of the molecule is C[C@@H]1CN(C(=O)CS(=O)(=O)C(C)(C)C)c2ccccc2S1. The summed E-state index contributed by atoms with van der Waals surface area (Å²) in [7, 11) is -3.46. The quantitative estimate of drug-likeness (QED) is 0.838. The van der Waals surface area contributed by atoms with Gasteiger partial charge in [-0.05, 0) is 32.9 Å². The van der Waals surface area contributed by atoms with Crippen LogP contribution in [0.1, 0.15) is 27.7 Å². The fourth-order valence-corrected chi connectivity index (χ4v) is 4.11. The van der Waals surface area contributed by atoms with Crippen LogP contribution in [0.25, 0.3) is 0 Å². The van der Waals surface area contributed by atoms with Gasteiger partial charge in [0.15, 0.2) is 9.84 Å². The van der Waals surface area contributed by atoms with Crippen LogP contribution in [0.4, 0.5) is 5.69 Å². The number of hydrogen-bond donors (Lipinski definition) is 0. The Morgan fingerprint density at radius 2 is 1.95 bits per heavy atom. The molecule has 21 heavy (non-hydrogen) atoms. The number of rotatable bonds is 2. The topological polar surface area (TPSA) is 54.5 Å². The van der Waals surface area contributed by atoms with Gasteiger partial charge in [-0.3, -0.25) is 4.79 Å². The van der Waals surface area contributed by atoms with E-state index in [2.05, 4.69) is 0 Å². The molecule has 0 radical (unpaired) electrons. The molecule has 0 saturated heterocycles. The molecule has 0 bridgehead atoms. The summed E-state index contributed by atoms with van der Waals surface area (Å²) in [5, 5.41) is 0.251. The maximum absolute atomic E-state index is 12.5. The van der Waals surface area contributed by atoms with Gasteiger partial charge in [0.2, 0.25) is 5.91 Å². The van der Waals surface area contributed by atoms with E-state index >= 15 is 0 Å². The van der Waals surface area contributed by atoms with Crippen LogP contribution in [-0.4, -0.2) is 36.6 Å². The maximum Gasteiger partial charge on any atom is 0.242 e. The van der Waals surface area contributed by atoms with Gasteiger partial charge in [0, 0.05) is 16.7 Å². The number of anilines is 1. The van der Waals surface area contributed by atoms with Crippen molar-refractivity contribution >= 4 is 33.2 Å². The van der Waals surface area contributed by atoms with E-state index in [-0.39, 0.29) is 11.2 Å². The van der Waals surface area contributed by atoms with Crippen LogP contribution in [0.5, 0.6) is 0 Å². The van der Waals surface area contributed by atoms with Gasteiger partial charge in [-0.15, -0.1) is 11.8 Å². The minimum atomic E-state index is -3.46. The van der Waals surface area contributed by atoms with E-state index in [9.17, 15) is 13.2 Å². The third kappa shape index (κ3) is 3.43. The molecule has 0 aliphatic carbocycles. The number of hydrogen-bond acceptors (Lipinski definition) is 4. The highest BCUT2D eigenvalue weighted by Crippen LogP contribution is 2.38. The van der Waals surface area contributed by atoms with Crippen molar-refractivity contribution in [2.45, 2.75) is 42.6 Å². The molecular formula is C15H21NO3S2. The summed E-state index contributed by atoms with van der Waals surface area (Å²) in [5.41, 5.74) is 0.815. The zero-order valence-corrected chi connectivity index (χ0v) is 14.4. The van der Waals surface area contributed by atoms with Crippen molar-refractivity contribution < 1.29 is 13.2 Å². The van der Waals surface area contributed by atoms with Gasteiger partial charge >= 0.3 is 0 Å². The molecule has 0 fully saturated rings. The highest BCUT2D eigenvalue weighted by atomic mass is 32.2. The zero-order chi connectivity index (χ0) is 15.8. The van der Waals surface area contributed by atoms with Crippen LogP contribution >= 0.6 is 11.8 Å². The lowest BCUT2D eigenvalue weighted by Crippen LogP contribution is -2.44. The second kappa shape index (κ2) is 5.65. The van der Waals surface area contributed by atoms with Gasteiger partial charge in [-0.1, -0.05) is 19.1 Å². The number of amides is 1. The van der Waals surface area contributed by atoms with Gasteiger partial charge in [0.1, 0.15) is 5.75 Å². The Kier molecular flexibility index (Phi) is 4.40. The number of benzene rings is 1. The molecule has 4 nitrogen and oxygen atoms in total. The molecule has 1 atom stereocenters. The summed E-state index contributed by atoms with van der Waals surface area (Å²) >= 11 is 1.71. The van der Waals surface area contributed by atoms with Crippen molar-refractivity contribution in [3.8, 4) is 0 Å². The Morgan fingerprint density at radius 1 is 1.33 bits per heavy atom. The molecular weight excluding hydrogens is 306 g/mol. The first-order chi connectivity index (χ1) is 9.62. The van der Waals surface area contributed by atoms with Gasteiger partial charge in [-0.2, -0.15) is 0 Å². The van der Waals surface area contributed by atoms with Crippen molar-refractivity contribution in [3.63, 3.8) is 0 Å². The van der Waals surface area contributed by atoms with Crippen LogP contribution < -0.4 is 4.90 Å². The number of fused-ring (bicyclic) bond motifs is 1. The van der Waals surface area contributed by atoms with Crippen LogP contribution in [0.3, 0.4) is 0 Å². The van der Waals surface area contributed by atoms with Crippen molar-refractivity contribution in [3.05, 3.63) is 24.3 Å². The molecule has 2 rings (SSSR count). The molecule has 1 aromatic rings. The summed E-state index contributed by atoms with van der Waals surface area (Å²) in [6.45, 7) is 7.45. The molecule has 1 aromatic carbocycles. The minimum Gasteiger partial charge on any atom is -0.309 e. The molecule has 1 heterocycles. The molecule has 1 aliphatic rings. The standard InChI is InChI=1S/C15H21NO3S2/c1-11-9-16(12-7-5-6-8-13(12)20-11)14(17)10-21(18,19)15(2,3)4/h5-8,11H,9-10H2,1-4H3/t11-/m1/s1. The minimum absolute atomic E-state index is 0.251. The molecule has 6 heteroatoms. The van der Waals surface area contributed by atoms with E-state index in [0.717, 1.165) is 10.6 Å². The largest absolute Gasteiger partial charge is 0.309 e.